The molecule has 4 heteroatoms. The van der Waals surface area contributed by atoms with Crippen molar-refractivity contribution in [3.8, 4) is 5.88 Å². The van der Waals surface area contributed by atoms with Gasteiger partial charge in [-0.05, 0) is 31.2 Å². The van der Waals surface area contributed by atoms with Crippen molar-refractivity contribution in [1.82, 2.24) is 4.98 Å². The van der Waals surface area contributed by atoms with Gasteiger partial charge in [-0.3, -0.25) is 4.79 Å². The third-order valence-corrected chi connectivity index (χ3v) is 3.77. The van der Waals surface area contributed by atoms with Crippen LogP contribution in [0.5, 0.6) is 5.88 Å². The Morgan fingerprint density at radius 3 is 2.76 bits per heavy atom. The molecule has 0 spiro atoms. The molecule has 0 atom stereocenters. The highest BCUT2D eigenvalue weighted by atomic mass is 16.3. The van der Waals surface area contributed by atoms with Crippen LogP contribution in [0.15, 0.2) is 47.5 Å². The lowest BCUT2D eigenvalue weighted by Gasteiger charge is -1.99. The van der Waals surface area contributed by atoms with Crippen LogP contribution < -0.4 is 0 Å². The van der Waals surface area contributed by atoms with Crippen molar-refractivity contribution >= 4 is 28.1 Å². The Labute approximate surface area is 120 Å². The molecular formula is C17H12N2O2. The van der Waals surface area contributed by atoms with Gasteiger partial charge in [0.05, 0.1) is 11.3 Å². The quantitative estimate of drug-likeness (QED) is 0.714. The van der Waals surface area contributed by atoms with Gasteiger partial charge in [-0.15, -0.1) is 0 Å². The minimum atomic E-state index is -0.150. The molecule has 0 saturated heterocycles. The van der Waals surface area contributed by atoms with Crippen molar-refractivity contribution in [1.29, 1.82) is 0 Å². The average Bonchev–Trinajstić information content (AvgIpc) is 2.96. The number of para-hydroxylation sites is 1. The molecule has 102 valence electrons. The average molecular weight is 276 g/mol. The van der Waals surface area contributed by atoms with Crippen molar-refractivity contribution in [2.75, 3.05) is 0 Å². The summed E-state index contributed by atoms with van der Waals surface area (Å²) in [7, 11) is 0. The Balaban J connectivity index is 1.99. The summed E-state index contributed by atoms with van der Waals surface area (Å²) in [6.07, 6.45) is 0. The van der Waals surface area contributed by atoms with E-state index in [9.17, 15) is 9.90 Å². The molecule has 0 unspecified atom stereocenters. The fourth-order valence-corrected chi connectivity index (χ4v) is 2.76. The lowest BCUT2D eigenvalue weighted by atomic mass is 10.0. The molecule has 0 bridgehead atoms. The Bertz CT molecular complexity index is 935. The van der Waals surface area contributed by atoms with E-state index in [4.69, 9.17) is 0 Å². The number of aliphatic imine (C=N–C) groups is 1. The highest BCUT2D eigenvalue weighted by molar-refractivity contribution is 6.56. The molecule has 2 heterocycles. The maximum atomic E-state index is 12.5. The van der Waals surface area contributed by atoms with Gasteiger partial charge in [-0.2, -0.15) is 0 Å². The number of carbonyl (C=O) groups excluding carboxylic acids is 1. The molecule has 0 amide bonds. The second-order valence-electron chi connectivity index (χ2n) is 5.20. The monoisotopic (exact) mass is 276 g/mol. The molecule has 3 aromatic rings. The number of aromatic amines is 1. The van der Waals surface area contributed by atoms with E-state index in [0.29, 0.717) is 22.5 Å². The molecular weight excluding hydrogens is 264 g/mol. The van der Waals surface area contributed by atoms with Gasteiger partial charge in [0.25, 0.3) is 0 Å². The van der Waals surface area contributed by atoms with E-state index in [1.807, 2.05) is 37.3 Å². The summed E-state index contributed by atoms with van der Waals surface area (Å²) >= 11 is 0. The van der Waals surface area contributed by atoms with Crippen molar-refractivity contribution in [3.05, 3.63) is 59.2 Å². The highest BCUT2D eigenvalue weighted by Gasteiger charge is 2.29. The minimum Gasteiger partial charge on any atom is -0.494 e. The maximum Gasteiger partial charge on any atom is 0.214 e. The number of nitrogens with one attached hydrogen (secondary N) is 1. The summed E-state index contributed by atoms with van der Waals surface area (Å²) in [5.74, 6) is -0.168. The number of Topliss-reactive ketones (excluding diaryl/α,β-unsaturated/α-hetero) is 1. The standard InChI is InChI=1S/C17H12N2O2/c1-9-6-7-13-11(8-9)14(17(21)19-13)15-16(20)10-4-2-3-5-12(10)18-15/h2-8,19,21H,1H3. The van der Waals surface area contributed by atoms with Gasteiger partial charge in [-0.25, -0.2) is 4.99 Å². The third kappa shape index (κ3) is 1.62. The number of benzene rings is 2. The van der Waals surface area contributed by atoms with E-state index in [2.05, 4.69) is 9.98 Å². The van der Waals surface area contributed by atoms with Crippen molar-refractivity contribution in [2.24, 2.45) is 4.99 Å². The number of H-pyrrole nitrogens is 1. The first kappa shape index (κ1) is 11.9. The number of fused-ring (bicyclic) bond motifs is 2. The fraction of sp³-hybridized carbons (Fsp3) is 0.0588. The first-order valence-electron chi connectivity index (χ1n) is 6.69. The smallest absolute Gasteiger partial charge is 0.214 e. The third-order valence-electron chi connectivity index (χ3n) is 3.77. The number of carbonyl (C=O) groups is 1. The molecule has 2 N–H and O–H groups in total. The largest absolute Gasteiger partial charge is 0.494 e. The number of aryl methyl sites for hydroxylation is 1. The molecule has 0 radical (unpaired) electrons. The van der Waals surface area contributed by atoms with Gasteiger partial charge < -0.3 is 10.1 Å². The van der Waals surface area contributed by atoms with Crippen LogP contribution in [0.4, 0.5) is 5.69 Å². The van der Waals surface area contributed by atoms with E-state index in [0.717, 1.165) is 16.5 Å². The summed E-state index contributed by atoms with van der Waals surface area (Å²) in [6.45, 7) is 1.97. The molecule has 0 aliphatic carbocycles. The second-order valence-corrected chi connectivity index (χ2v) is 5.20. The highest BCUT2D eigenvalue weighted by Crippen LogP contribution is 2.35. The maximum absolute atomic E-state index is 12.5. The molecule has 1 aliphatic rings. The Morgan fingerprint density at radius 2 is 1.95 bits per heavy atom. The summed E-state index contributed by atoms with van der Waals surface area (Å²) in [6, 6.07) is 13.0. The zero-order chi connectivity index (χ0) is 14.6. The number of aromatic nitrogens is 1. The minimum absolute atomic E-state index is 0.0180. The molecule has 4 nitrogen and oxygen atoms in total. The molecule has 2 aromatic carbocycles. The molecule has 0 saturated carbocycles. The van der Waals surface area contributed by atoms with E-state index in [1.54, 1.807) is 12.1 Å². The van der Waals surface area contributed by atoms with Gasteiger partial charge in [0.1, 0.15) is 5.71 Å². The number of rotatable bonds is 1. The predicted molar refractivity (Wildman–Crippen MR) is 81.7 cm³/mol. The number of nitrogens with zero attached hydrogens (tertiary/aromatic N) is 1. The topological polar surface area (TPSA) is 65.4 Å². The van der Waals surface area contributed by atoms with Crippen molar-refractivity contribution < 1.29 is 9.90 Å². The van der Waals surface area contributed by atoms with Gasteiger partial charge in [-0.1, -0.05) is 23.8 Å². The Kier molecular flexibility index (Phi) is 2.30. The van der Waals surface area contributed by atoms with Gasteiger partial charge in [0, 0.05) is 16.5 Å². The number of hydrogen-bond donors (Lipinski definition) is 2. The number of aromatic hydroxyl groups is 1. The van der Waals surface area contributed by atoms with Crippen LogP contribution in [0, 0.1) is 6.92 Å². The van der Waals surface area contributed by atoms with Crippen molar-refractivity contribution in [2.45, 2.75) is 6.92 Å². The summed E-state index contributed by atoms with van der Waals surface area (Å²) in [5.41, 5.74) is 3.86. The fourth-order valence-electron chi connectivity index (χ4n) is 2.76. The van der Waals surface area contributed by atoms with E-state index < -0.39 is 0 Å². The first-order chi connectivity index (χ1) is 10.1. The van der Waals surface area contributed by atoms with Crippen LogP contribution in [0.25, 0.3) is 10.9 Å². The zero-order valence-electron chi connectivity index (χ0n) is 11.3. The molecule has 21 heavy (non-hydrogen) atoms. The van der Waals surface area contributed by atoms with Crippen LogP contribution in [0.3, 0.4) is 0 Å². The van der Waals surface area contributed by atoms with Crippen LogP contribution in [-0.4, -0.2) is 21.6 Å². The van der Waals surface area contributed by atoms with Gasteiger partial charge in [0.15, 0.2) is 5.88 Å². The predicted octanol–water partition coefficient (Wildman–Crippen LogP) is 3.50. The van der Waals surface area contributed by atoms with Gasteiger partial charge in [0.2, 0.25) is 5.78 Å². The lowest BCUT2D eigenvalue weighted by molar-refractivity contribution is 0.107. The van der Waals surface area contributed by atoms with Gasteiger partial charge >= 0.3 is 0 Å². The van der Waals surface area contributed by atoms with Crippen molar-refractivity contribution in [3.63, 3.8) is 0 Å². The number of ketones is 1. The number of hydrogen-bond acceptors (Lipinski definition) is 3. The molecule has 0 fully saturated rings. The van der Waals surface area contributed by atoms with Crippen LogP contribution in [0.1, 0.15) is 21.5 Å². The van der Waals surface area contributed by atoms with E-state index in [1.165, 1.54) is 0 Å². The molecule has 1 aromatic heterocycles. The summed E-state index contributed by atoms with van der Waals surface area (Å²) < 4.78 is 0. The van der Waals surface area contributed by atoms with Crippen LogP contribution in [0.2, 0.25) is 0 Å². The SMILES string of the molecule is Cc1ccc2[nH]c(O)c(C3=Nc4ccccc4C3=O)c2c1. The van der Waals surface area contributed by atoms with Crippen LogP contribution >= 0.6 is 0 Å². The lowest BCUT2D eigenvalue weighted by Crippen LogP contribution is -2.10. The Morgan fingerprint density at radius 1 is 1.14 bits per heavy atom. The van der Waals surface area contributed by atoms with Crippen LogP contribution in [-0.2, 0) is 0 Å². The normalized spacial score (nSPS) is 13.6. The summed E-state index contributed by atoms with van der Waals surface area (Å²) in [4.78, 5) is 19.8. The molecule has 1 aliphatic heterocycles. The first-order valence-corrected chi connectivity index (χ1v) is 6.69. The molecule has 4 rings (SSSR count). The summed E-state index contributed by atoms with van der Waals surface area (Å²) in [5, 5.41) is 11.0. The zero-order valence-corrected chi connectivity index (χ0v) is 11.3. The second kappa shape index (κ2) is 4.06. The van der Waals surface area contributed by atoms with E-state index >= 15 is 0 Å². The Hall–Kier alpha value is -2.88. The van der Waals surface area contributed by atoms with E-state index in [-0.39, 0.29) is 11.7 Å².